The summed E-state index contributed by atoms with van der Waals surface area (Å²) in [4.78, 5) is 0. The molecule has 0 amide bonds. The minimum Gasteiger partial charge on any atom is -0.393 e. The second-order valence-electron chi connectivity index (χ2n) is 7.83. The Bertz CT molecular complexity index is 532. The fraction of sp³-hybridized carbons (Fsp3) is 0.700. The standard InChI is InChI=1S/C20H32O4/c1-14-7-5-9-16(19(3,23)13-21)18(22)15(2)8-6-12-20(4)17(24-20)11-10-14/h5,7-9,16-18,21-23H,6,10-13H2,1-4H3/b9-5+,14-7+,15-8+/t16?,17-,18+,19-,20+/m0/s1. The zero-order chi connectivity index (χ0) is 18.0. The van der Waals surface area contributed by atoms with Gasteiger partial charge in [-0.05, 0) is 59.0 Å². The maximum atomic E-state index is 10.7. The highest BCUT2D eigenvalue weighted by molar-refractivity contribution is 5.19. The molecule has 4 heteroatoms. The van der Waals surface area contributed by atoms with Crippen LogP contribution in [0.2, 0.25) is 0 Å². The molecule has 0 radical (unpaired) electrons. The first-order valence-electron chi connectivity index (χ1n) is 8.89. The molecule has 2 aliphatic rings. The van der Waals surface area contributed by atoms with Crippen molar-refractivity contribution < 1.29 is 20.1 Å². The number of allylic oxidation sites excluding steroid dienone is 4. The van der Waals surface area contributed by atoms with Gasteiger partial charge in [0.2, 0.25) is 0 Å². The average Bonchev–Trinajstić information content (AvgIpc) is 3.18. The van der Waals surface area contributed by atoms with Gasteiger partial charge < -0.3 is 20.1 Å². The minimum absolute atomic E-state index is 0.0437. The summed E-state index contributed by atoms with van der Waals surface area (Å²) in [6.07, 6.45) is 11.0. The number of aliphatic hydroxyl groups excluding tert-OH is 2. The smallest absolute Gasteiger partial charge is 0.0939 e. The van der Waals surface area contributed by atoms with Gasteiger partial charge in [-0.3, -0.25) is 0 Å². The lowest BCUT2D eigenvalue weighted by Crippen LogP contribution is -2.44. The molecule has 0 aromatic rings. The van der Waals surface area contributed by atoms with Gasteiger partial charge >= 0.3 is 0 Å². The normalized spacial score (nSPS) is 43.2. The fourth-order valence-electron chi connectivity index (χ4n) is 3.41. The predicted molar refractivity (Wildman–Crippen MR) is 95.6 cm³/mol. The van der Waals surface area contributed by atoms with Crippen LogP contribution in [-0.2, 0) is 4.74 Å². The quantitative estimate of drug-likeness (QED) is 0.535. The highest BCUT2D eigenvalue weighted by atomic mass is 16.6. The molecule has 1 fully saturated rings. The summed E-state index contributed by atoms with van der Waals surface area (Å²) in [5, 5.41) is 30.6. The summed E-state index contributed by atoms with van der Waals surface area (Å²) in [5.41, 5.74) is 0.639. The third-order valence-corrected chi connectivity index (χ3v) is 5.49. The lowest BCUT2D eigenvalue weighted by Gasteiger charge is -2.33. The largest absolute Gasteiger partial charge is 0.393 e. The van der Waals surface area contributed by atoms with Crippen molar-refractivity contribution >= 4 is 0 Å². The Labute approximate surface area is 145 Å². The Morgan fingerprint density at radius 3 is 2.75 bits per heavy atom. The number of hydrogen-bond acceptors (Lipinski definition) is 4. The van der Waals surface area contributed by atoms with Gasteiger partial charge in [0.05, 0.1) is 30.0 Å². The van der Waals surface area contributed by atoms with Crippen LogP contribution in [-0.4, -0.2) is 45.3 Å². The molecule has 0 bridgehead atoms. The van der Waals surface area contributed by atoms with Crippen LogP contribution in [0.25, 0.3) is 0 Å². The second-order valence-corrected chi connectivity index (χ2v) is 7.83. The monoisotopic (exact) mass is 336 g/mol. The van der Waals surface area contributed by atoms with Gasteiger partial charge in [0.15, 0.2) is 0 Å². The maximum Gasteiger partial charge on any atom is 0.0939 e. The van der Waals surface area contributed by atoms with Crippen LogP contribution < -0.4 is 0 Å². The van der Waals surface area contributed by atoms with Crippen LogP contribution >= 0.6 is 0 Å². The van der Waals surface area contributed by atoms with E-state index in [9.17, 15) is 15.3 Å². The van der Waals surface area contributed by atoms with E-state index in [0.717, 1.165) is 31.3 Å². The van der Waals surface area contributed by atoms with E-state index in [4.69, 9.17) is 4.74 Å². The fourth-order valence-corrected chi connectivity index (χ4v) is 3.41. The van der Waals surface area contributed by atoms with Gasteiger partial charge in [-0.2, -0.15) is 0 Å². The van der Waals surface area contributed by atoms with Crippen molar-refractivity contribution in [3.05, 3.63) is 35.5 Å². The molecule has 0 saturated carbocycles. The zero-order valence-corrected chi connectivity index (χ0v) is 15.3. The summed E-state index contributed by atoms with van der Waals surface area (Å²) in [7, 11) is 0. The number of rotatable bonds is 2. The first-order valence-corrected chi connectivity index (χ1v) is 8.89. The molecule has 136 valence electrons. The van der Waals surface area contributed by atoms with Crippen LogP contribution in [0, 0.1) is 5.92 Å². The van der Waals surface area contributed by atoms with Gasteiger partial charge in [0, 0.05) is 5.92 Å². The second kappa shape index (κ2) is 7.52. The van der Waals surface area contributed by atoms with Crippen molar-refractivity contribution in [3.8, 4) is 0 Å². The van der Waals surface area contributed by atoms with E-state index in [0.29, 0.717) is 6.10 Å². The van der Waals surface area contributed by atoms with E-state index in [2.05, 4.69) is 13.8 Å². The van der Waals surface area contributed by atoms with Gasteiger partial charge in [-0.1, -0.05) is 29.9 Å². The first kappa shape index (κ1) is 19.4. The summed E-state index contributed by atoms with van der Waals surface area (Å²) in [5.74, 6) is -0.564. The molecule has 3 N–H and O–H groups in total. The molecule has 2 rings (SSSR count). The molecule has 1 saturated heterocycles. The molecule has 24 heavy (non-hydrogen) atoms. The Kier molecular flexibility index (Phi) is 6.08. The van der Waals surface area contributed by atoms with Gasteiger partial charge in [0.25, 0.3) is 0 Å². The third kappa shape index (κ3) is 4.57. The number of fused-ring (bicyclic) bond motifs is 1. The van der Waals surface area contributed by atoms with Crippen LogP contribution in [0.15, 0.2) is 35.5 Å². The highest BCUT2D eigenvalue weighted by Crippen LogP contribution is 2.43. The Morgan fingerprint density at radius 1 is 1.38 bits per heavy atom. The van der Waals surface area contributed by atoms with E-state index < -0.39 is 24.2 Å². The molecule has 1 aliphatic heterocycles. The van der Waals surface area contributed by atoms with Gasteiger partial charge in [-0.25, -0.2) is 0 Å². The Morgan fingerprint density at radius 2 is 2.08 bits per heavy atom. The van der Waals surface area contributed by atoms with Gasteiger partial charge in [-0.15, -0.1) is 0 Å². The molecule has 0 aromatic heterocycles. The van der Waals surface area contributed by atoms with E-state index in [1.54, 1.807) is 13.0 Å². The van der Waals surface area contributed by atoms with E-state index >= 15 is 0 Å². The number of epoxide rings is 1. The summed E-state index contributed by atoms with van der Waals surface area (Å²) in [6.45, 7) is 7.27. The highest BCUT2D eigenvalue weighted by Gasteiger charge is 2.50. The van der Waals surface area contributed by atoms with E-state index in [1.807, 2.05) is 25.2 Å². The Balaban J connectivity index is 2.26. The lowest BCUT2D eigenvalue weighted by atomic mass is 9.81. The van der Waals surface area contributed by atoms with Gasteiger partial charge in [0.1, 0.15) is 0 Å². The molecule has 0 aromatic carbocycles. The van der Waals surface area contributed by atoms with E-state index in [-0.39, 0.29) is 5.60 Å². The predicted octanol–water partition coefficient (Wildman–Crippen LogP) is 2.89. The topological polar surface area (TPSA) is 73.2 Å². The average molecular weight is 336 g/mol. The maximum absolute atomic E-state index is 10.7. The van der Waals surface area contributed by atoms with Crippen LogP contribution in [0.3, 0.4) is 0 Å². The summed E-state index contributed by atoms with van der Waals surface area (Å²) < 4.78 is 5.87. The molecule has 4 nitrogen and oxygen atoms in total. The van der Waals surface area contributed by atoms with Crippen molar-refractivity contribution in [2.45, 2.75) is 76.8 Å². The summed E-state index contributed by atoms with van der Waals surface area (Å²) >= 11 is 0. The molecular formula is C20H32O4. The van der Waals surface area contributed by atoms with Crippen LogP contribution in [0.1, 0.15) is 53.4 Å². The van der Waals surface area contributed by atoms with E-state index in [1.165, 1.54) is 5.57 Å². The minimum atomic E-state index is -1.37. The molecule has 1 heterocycles. The Hall–Kier alpha value is -0.940. The number of ether oxygens (including phenoxy) is 1. The lowest BCUT2D eigenvalue weighted by molar-refractivity contribution is -0.0625. The molecule has 0 spiro atoms. The van der Waals surface area contributed by atoms with Crippen molar-refractivity contribution in [2.24, 2.45) is 5.92 Å². The van der Waals surface area contributed by atoms with Crippen molar-refractivity contribution in [2.75, 3.05) is 6.61 Å². The van der Waals surface area contributed by atoms with Crippen molar-refractivity contribution in [1.82, 2.24) is 0 Å². The molecule has 1 aliphatic carbocycles. The third-order valence-electron chi connectivity index (χ3n) is 5.49. The summed E-state index contributed by atoms with van der Waals surface area (Å²) in [6, 6.07) is 0. The van der Waals surface area contributed by atoms with Crippen LogP contribution in [0.5, 0.6) is 0 Å². The molecule has 1 unspecified atom stereocenters. The molecule has 5 atom stereocenters. The van der Waals surface area contributed by atoms with Crippen molar-refractivity contribution in [1.29, 1.82) is 0 Å². The zero-order valence-electron chi connectivity index (χ0n) is 15.3. The van der Waals surface area contributed by atoms with Crippen LogP contribution in [0.4, 0.5) is 0 Å². The number of aliphatic hydroxyl groups is 3. The SMILES string of the molecule is C/C1=C\C=C\C([C@@](C)(O)CO)[C@H](O)/C(C)=C/CC[C@@]2(C)O[C@H]2CC1. The number of hydrogen-bond donors (Lipinski definition) is 3. The first-order chi connectivity index (χ1) is 11.2. The molecular weight excluding hydrogens is 304 g/mol. The van der Waals surface area contributed by atoms with Crippen molar-refractivity contribution in [3.63, 3.8) is 0 Å².